The maximum atomic E-state index is 4.45. The molecule has 0 N–H and O–H groups in total. The normalized spacial score (nSPS) is 21.4. The van der Waals surface area contributed by atoms with Crippen LogP contribution in [0, 0.1) is 5.92 Å². The summed E-state index contributed by atoms with van der Waals surface area (Å²) in [5, 5.41) is 6.67. The lowest BCUT2D eigenvalue weighted by molar-refractivity contribution is 0.113. The van der Waals surface area contributed by atoms with E-state index in [2.05, 4.69) is 42.7 Å². The standard InChI is InChI=1S/C11H23N3/c1-5-7-14-11(8-10(3)4)13(6-2)9-12-14/h9-11H,5-8H2,1-4H3. The molecule has 0 aromatic heterocycles. The van der Waals surface area contributed by atoms with E-state index in [1.54, 1.807) is 0 Å². The van der Waals surface area contributed by atoms with Gasteiger partial charge in [-0.2, -0.15) is 5.10 Å². The minimum absolute atomic E-state index is 0.500. The molecule has 0 aromatic rings. The largest absolute Gasteiger partial charge is 0.340 e. The second-order valence-electron chi connectivity index (χ2n) is 4.33. The highest BCUT2D eigenvalue weighted by molar-refractivity contribution is 5.56. The Labute approximate surface area is 87.8 Å². The van der Waals surface area contributed by atoms with Gasteiger partial charge in [0.05, 0.1) is 0 Å². The van der Waals surface area contributed by atoms with Crippen molar-refractivity contribution < 1.29 is 0 Å². The smallest absolute Gasteiger partial charge is 0.119 e. The fraction of sp³-hybridized carbons (Fsp3) is 0.909. The molecule has 0 amide bonds. The molecule has 1 rings (SSSR count). The van der Waals surface area contributed by atoms with Crippen LogP contribution in [0.2, 0.25) is 0 Å². The summed E-state index contributed by atoms with van der Waals surface area (Å²) in [5.41, 5.74) is 0. The monoisotopic (exact) mass is 197 g/mol. The zero-order valence-electron chi connectivity index (χ0n) is 9.90. The molecule has 1 atom stereocenters. The first-order chi connectivity index (χ1) is 6.69. The van der Waals surface area contributed by atoms with Gasteiger partial charge >= 0.3 is 0 Å². The number of nitrogens with zero attached hydrogens (tertiary/aromatic N) is 3. The first-order valence-corrected chi connectivity index (χ1v) is 5.75. The molecule has 3 nitrogen and oxygen atoms in total. The van der Waals surface area contributed by atoms with Crippen molar-refractivity contribution in [1.29, 1.82) is 0 Å². The molecule has 0 saturated heterocycles. The van der Waals surface area contributed by atoms with Crippen molar-refractivity contribution in [3.05, 3.63) is 0 Å². The van der Waals surface area contributed by atoms with Gasteiger partial charge in [0.1, 0.15) is 12.5 Å². The van der Waals surface area contributed by atoms with Crippen molar-refractivity contribution >= 4 is 6.34 Å². The summed E-state index contributed by atoms with van der Waals surface area (Å²) in [5.74, 6) is 0.732. The van der Waals surface area contributed by atoms with Crippen molar-refractivity contribution in [2.75, 3.05) is 13.1 Å². The molecule has 0 spiro atoms. The van der Waals surface area contributed by atoms with E-state index < -0.39 is 0 Å². The average Bonchev–Trinajstić information content (AvgIpc) is 2.48. The van der Waals surface area contributed by atoms with Gasteiger partial charge in [-0.1, -0.05) is 20.8 Å². The van der Waals surface area contributed by atoms with E-state index in [0.717, 1.165) is 19.0 Å². The van der Waals surface area contributed by atoms with Crippen LogP contribution < -0.4 is 0 Å². The maximum absolute atomic E-state index is 4.45. The quantitative estimate of drug-likeness (QED) is 0.673. The molecule has 0 fully saturated rings. The number of hydrazone groups is 1. The Morgan fingerprint density at radius 1 is 1.36 bits per heavy atom. The van der Waals surface area contributed by atoms with Crippen LogP contribution in [0.5, 0.6) is 0 Å². The molecule has 0 radical (unpaired) electrons. The Bertz CT molecular complexity index is 189. The van der Waals surface area contributed by atoms with Crippen LogP contribution >= 0.6 is 0 Å². The van der Waals surface area contributed by atoms with Gasteiger partial charge < -0.3 is 4.90 Å². The van der Waals surface area contributed by atoms with Crippen molar-refractivity contribution in [1.82, 2.24) is 9.91 Å². The van der Waals surface area contributed by atoms with E-state index in [-0.39, 0.29) is 0 Å². The fourth-order valence-corrected chi connectivity index (χ4v) is 1.86. The number of hydrogen-bond acceptors (Lipinski definition) is 3. The van der Waals surface area contributed by atoms with E-state index in [0.29, 0.717) is 6.17 Å². The summed E-state index contributed by atoms with van der Waals surface area (Å²) < 4.78 is 0. The summed E-state index contributed by atoms with van der Waals surface area (Å²) in [4.78, 5) is 2.33. The Morgan fingerprint density at radius 2 is 2.07 bits per heavy atom. The Balaban J connectivity index is 2.54. The molecule has 3 heteroatoms. The fourth-order valence-electron chi connectivity index (χ4n) is 1.86. The molecule has 0 aliphatic carbocycles. The van der Waals surface area contributed by atoms with Crippen molar-refractivity contribution in [3.63, 3.8) is 0 Å². The van der Waals surface area contributed by atoms with Crippen molar-refractivity contribution in [2.24, 2.45) is 11.0 Å². The molecule has 1 aliphatic rings. The number of rotatable bonds is 5. The number of hydrogen-bond donors (Lipinski definition) is 0. The third-order valence-corrected chi connectivity index (χ3v) is 2.58. The molecule has 0 aromatic carbocycles. The average molecular weight is 197 g/mol. The topological polar surface area (TPSA) is 18.8 Å². The summed E-state index contributed by atoms with van der Waals surface area (Å²) >= 11 is 0. The second kappa shape index (κ2) is 5.23. The zero-order chi connectivity index (χ0) is 10.6. The lowest BCUT2D eigenvalue weighted by atomic mass is 10.1. The van der Waals surface area contributed by atoms with Gasteiger partial charge in [0.2, 0.25) is 0 Å². The Hall–Kier alpha value is -0.730. The molecule has 1 heterocycles. The molecule has 0 saturated carbocycles. The van der Waals surface area contributed by atoms with Crippen LogP contribution in [0.4, 0.5) is 0 Å². The lowest BCUT2D eigenvalue weighted by Crippen LogP contribution is -2.40. The van der Waals surface area contributed by atoms with E-state index in [1.165, 1.54) is 12.8 Å². The lowest BCUT2D eigenvalue weighted by Gasteiger charge is -2.30. The third kappa shape index (κ3) is 2.63. The van der Waals surface area contributed by atoms with Gasteiger partial charge in [0, 0.05) is 13.1 Å². The molecule has 0 bridgehead atoms. The van der Waals surface area contributed by atoms with Crippen LogP contribution in [-0.2, 0) is 0 Å². The first kappa shape index (κ1) is 11.3. The summed E-state index contributed by atoms with van der Waals surface area (Å²) in [7, 11) is 0. The highest BCUT2D eigenvalue weighted by Crippen LogP contribution is 2.19. The van der Waals surface area contributed by atoms with Gasteiger partial charge in [-0.3, -0.25) is 5.01 Å². The van der Waals surface area contributed by atoms with Gasteiger partial charge in [0.15, 0.2) is 0 Å². The highest BCUT2D eigenvalue weighted by atomic mass is 15.6. The van der Waals surface area contributed by atoms with Gasteiger partial charge in [0.25, 0.3) is 0 Å². The Morgan fingerprint density at radius 3 is 2.57 bits per heavy atom. The molecular weight excluding hydrogens is 174 g/mol. The van der Waals surface area contributed by atoms with Crippen LogP contribution in [-0.4, -0.2) is 35.5 Å². The zero-order valence-corrected chi connectivity index (χ0v) is 9.90. The minimum Gasteiger partial charge on any atom is -0.340 e. The molecule has 1 unspecified atom stereocenters. The van der Waals surface area contributed by atoms with Crippen LogP contribution in [0.25, 0.3) is 0 Å². The van der Waals surface area contributed by atoms with Gasteiger partial charge in [-0.05, 0) is 25.7 Å². The second-order valence-corrected chi connectivity index (χ2v) is 4.33. The van der Waals surface area contributed by atoms with Crippen LogP contribution in [0.1, 0.15) is 40.5 Å². The molecule has 82 valence electrons. The van der Waals surface area contributed by atoms with Crippen LogP contribution in [0.15, 0.2) is 5.10 Å². The van der Waals surface area contributed by atoms with Gasteiger partial charge in [-0.25, -0.2) is 0 Å². The van der Waals surface area contributed by atoms with Gasteiger partial charge in [-0.15, -0.1) is 0 Å². The minimum atomic E-state index is 0.500. The predicted molar refractivity (Wildman–Crippen MR) is 61.1 cm³/mol. The van der Waals surface area contributed by atoms with E-state index in [4.69, 9.17) is 0 Å². The van der Waals surface area contributed by atoms with Crippen LogP contribution in [0.3, 0.4) is 0 Å². The van der Waals surface area contributed by atoms with E-state index in [1.807, 2.05) is 6.34 Å². The molecule has 1 aliphatic heterocycles. The summed E-state index contributed by atoms with van der Waals surface area (Å²) in [6.07, 6.45) is 4.86. The summed E-state index contributed by atoms with van der Waals surface area (Å²) in [6, 6.07) is 0. The van der Waals surface area contributed by atoms with E-state index >= 15 is 0 Å². The Kier molecular flexibility index (Phi) is 4.23. The summed E-state index contributed by atoms with van der Waals surface area (Å²) in [6.45, 7) is 11.1. The highest BCUT2D eigenvalue weighted by Gasteiger charge is 2.26. The SMILES string of the molecule is CCCN1N=CN(CC)C1CC(C)C. The third-order valence-electron chi connectivity index (χ3n) is 2.58. The van der Waals surface area contributed by atoms with E-state index in [9.17, 15) is 0 Å². The molecule has 14 heavy (non-hydrogen) atoms. The first-order valence-electron chi connectivity index (χ1n) is 5.75. The molecular formula is C11H23N3. The predicted octanol–water partition coefficient (Wildman–Crippen LogP) is 2.35. The van der Waals surface area contributed by atoms with Crippen molar-refractivity contribution in [3.8, 4) is 0 Å². The maximum Gasteiger partial charge on any atom is 0.119 e. The van der Waals surface area contributed by atoms with Crippen molar-refractivity contribution in [2.45, 2.75) is 46.7 Å².